The van der Waals surface area contributed by atoms with Crippen molar-refractivity contribution < 1.29 is 9.53 Å². The number of nitrogen functional groups attached to an aromatic ring is 1. The van der Waals surface area contributed by atoms with Crippen molar-refractivity contribution in [2.24, 2.45) is 0 Å². The highest BCUT2D eigenvalue weighted by Gasteiger charge is 2.12. The molecule has 1 aromatic rings. The van der Waals surface area contributed by atoms with Crippen LogP contribution in [-0.2, 0) is 4.74 Å². The molecule has 1 rings (SSSR count). The normalized spacial score (nSPS) is 10.0. The molecule has 0 bridgehead atoms. The summed E-state index contributed by atoms with van der Waals surface area (Å²) in [6.07, 6.45) is 0. The lowest BCUT2D eigenvalue weighted by Crippen LogP contribution is -2.07. The Balaban J connectivity index is 3.00. The second kappa shape index (κ2) is 5.66. The molecule has 4 heteroatoms. The topological polar surface area (TPSA) is 52.3 Å². The van der Waals surface area contributed by atoms with E-state index in [0.29, 0.717) is 17.9 Å². The highest BCUT2D eigenvalue weighted by atomic mass is 32.2. The monoisotopic (exact) mass is 225 g/mol. The van der Waals surface area contributed by atoms with Crippen molar-refractivity contribution in [3.63, 3.8) is 0 Å². The molecular formula is C11H15NO2S. The lowest BCUT2D eigenvalue weighted by molar-refractivity contribution is 0.0522. The average molecular weight is 225 g/mol. The minimum atomic E-state index is -0.305. The zero-order valence-electron chi connectivity index (χ0n) is 8.95. The number of anilines is 1. The first-order valence-corrected chi connectivity index (χ1v) is 5.87. The van der Waals surface area contributed by atoms with Gasteiger partial charge in [0, 0.05) is 10.6 Å². The quantitative estimate of drug-likeness (QED) is 0.486. The van der Waals surface area contributed by atoms with E-state index in [2.05, 4.69) is 0 Å². The highest BCUT2D eigenvalue weighted by Crippen LogP contribution is 2.25. The molecule has 0 saturated heterocycles. The third-order valence-electron chi connectivity index (χ3n) is 1.80. The molecule has 2 N–H and O–H groups in total. The Hall–Kier alpha value is -1.16. The van der Waals surface area contributed by atoms with Crippen LogP contribution in [0.15, 0.2) is 23.1 Å². The first-order valence-electron chi connectivity index (χ1n) is 4.88. The Bertz CT molecular complexity index is 352. The third kappa shape index (κ3) is 3.16. The summed E-state index contributed by atoms with van der Waals surface area (Å²) in [6.45, 7) is 4.21. The molecule has 82 valence electrons. The molecule has 0 amide bonds. The van der Waals surface area contributed by atoms with Gasteiger partial charge in [-0.15, -0.1) is 11.8 Å². The number of carbonyl (C=O) groups excluding carboxylic acids is 1. The van der Waals surface area contributed by atoms with Gasteiger partial charge in [-0.05, 0) is 30.9 Å². The summed E-state index contributed by atoms with van der Waals surface area (Å²) >= 11 is 1.61. The second-order valence-electron chi connectivity index (χ2n) is 2.91. The van der Waals surface area contributed by atoms with E-state index in [0.717, 1.165) is 10.6 Å². The van der Waals surface area contributed by atoms with E-state index < -0.39 is 0 Å². The molecule has 0 saturated carbocycles. The third-order valence-corrected chi connectivity index (χ3v) is 2.75. The van der Waals surface area contributed by atoms with Gasteiger partial charge in [0.25, 0.3) is 0 Å². The first-order chi connectivity index (χ1) is 7.19. The standard InChI is InChI=1S/C11H15NO2S/c1-3-14-11(13)9-7-8(12)5-6-10(9)15-4-2/h5-7H,3-4,12H2,1-2H3. The summed E-state index contributed by atoms with van der Waals surface area (Å²) in [6, 6.07) is 5.31. The van der Waals surface area contributed by atoms with E-state index in [4.69, 9.17) is 10.5 Å². The number of ether oxygens (including phenoxy) is 1. The molecule has 0 aliphatic heterocycles. The second-order valence-corrected chi connectivity index (χ2v) is 4.21. The van der Waals surface area contributed by atoms with Crippen LogP contribution in [0.1, 0.15) is 24.2 Å². The Kier molecular flexibility index (Phi) is 4.49. The van der Waals surface area contributed by atoms with Gasteiger partial charge in [-0.1, -0.05) is 6.92 Å². The van der Waals surface area contributed by atoms with Gasteiger partial charge in [-0.25, -0.2) is 4.79 Å². The number of hydrogen-bond donors (Lipinski definition) is 1. The van der Waals surface area contributed by atoms with Crippen molar-refractivity contribution in [3.8, 4) is 0 Å². The van der Waals surface area contributed by atoms with Crippen LogP contribution >= 0.6 is 11.8 Å². The van der Waals surface area contributed by atoms with Gasteiger partial charge in [0.05, 0.1) is 12.2 Å². The van der Waals surface area contributed by atoms with Crippen LogP contribution < -0.4 is 5.73 Å². The van der Waals surface area contributed by atoms with Crippen molar-refractivity contribution >= 4 is 23.4 Å². The van der Waals surface area contributed by atoms with Gasteiger partial charge in [0.2, 0.25) is 0 Å². The van der Waals surface area contributed by atoms with Gasteiger partial charge in [-0.3, -0.25) is 0 Å². The maximum Gasteiger partial charge on any atom is 0.339 e. The predicted octanol–water partition coefficient (Wildman–Crippen LogP) is 2.56. The smallest absolute Gasteiger partial charge is 0.339 e. The largest absolute Gasteiger partial charge is 0.462 e. The number of carbonyl (C=O) groups is 1. The Morgan fingerprint density at radius 3 is 2.80 bits per heavy atom. The maximum absolute atomic E-state index is 11.6. The summed E-state index contributed by atoms with van der Waals surface area (Å²) in [5, 5.41) is 0. The molecule has 3 nitrogen and oxygen atoms in total. The van der Waals surface area contributed by atoms with Crippen molar-refractivity contribution in [2.45, 2.75) is 18.7 Å². The Labute approximate surface area is 94.0 Å². The van der Waals surface area contributed by atoms with E-state index in [-0.39, 0.29) is 5.97 Å². The Morgan fingerprint density at radius 2 is 2.20 bits per heavy atom. The first kappa shape index (κ1) is 11.9. The SMILES string of the molecule is CCOC(=O)c1cc(N)ccc1SCC. The zero-order valence-corrected chi connectivity index (χ0v) is 9.76. The summed E-state index contributed by atoms with van der Waals surface area (Å²) in [5.41, 5.74) is 6.78. The predicted molar refractivity (Wildman–Crippen MR) is 63.2 cm³/mol. The number of thioether (sulfide) groups is 1. The van der Waals surface area contributed by atoms with Crippen LogP contribution in [0.25, 0.3) is 0 Å². The van der Waals surface area contributed by atoms with Gasteiger partial charge >= 0.3 is 5.97 Å². The molecule has 0 atom stereocenters. The number of rotatable bonds is 4. The van der Waals surface area contributed by atoms with Crippen LogP contribution in [0.3, 0.4) is 0 Å². The van der Waals surface area contributed by atoms with Crippen LogP contribution in [0.2, 0.25) is 0 Å². The number of nitrogens with two attached hydrogens (primary N) is 1. The molecule has 0 spiro atoms. The van der Waals surface area contributed by atoms with Crippen LogP contribution in [-0.4, -0.2) is 18.3 Å². The summed E-state index contributed by atoms with van der Waals surface area (Å²) in [4.78, 5) is 12.5. The minimum absolute atomic E-state index is 0.305. The summed E-state index contributed by atoms with van der Waals surface area (Å²) < 4.78 is 4.96. The van der Waals surface area contributed by atoms with Crippen molar-refractivity contribution in [1.29, 1.82) is 0 Å². The number of benzene rings is 1. The van der Waals surface area contributed by atoms with Crippen LogP contribution in [0.5, 0.6) is 0 Å². The highest BCUT2D eigenvalue weighted by molar-refractivity contribution is 7.99. The fourth-order valence-corrected chi connectivity index (χ4v) is 1.97. The van der Waals surface area contributed by atoms with Gasteiger partial charge < -0.3 is 10.5 Å². The van der Waals surface area contributed by atoms with Crippen LogP contribution in [0, 0.1) is 0 Å². The molecule has 15 heavy (non-hydrogen) atoms. The number of hydrogen-bond acceptors (Lipinski definition) is 4. The van der Waals surface area contributed by atoms with Crippen molar-refractivity contribution in [1.82, 2.24) is 0 Å². The molecule has 0 unspecified atom stereocenters. The van der Waals surface area contributed by atoms with E-state index in [1.807, 2.05) is 13.0 Å². The minimum Gasteiger partial charge on any atom is -0.462 e. The van der Waals surface area contributed by atoms with Gasteiger partial charge in [0.15, 0.2) is 0 Å². The molecular weight excluding hydrogens is 210 g/mol. The average Bonchev–Trinajstić information content (AvgIpc) is 2.21. The Morgan fingerprint density at radius 1 is 1.47 bits per heavy atom. The van der Waals surface area contributed by atoms with E-state index in [1.165, 1.54) is 0 Å². The molecule has 0 heterocycles. The fourth-order valence-electron chi connectivity index (χ4n) is 1.20. The molecule has 0 aliphatic carbocycles. The van der Waals surface area contributed by atoms with E-state index in [9.17, 15) is 4.79 Å². The summed E-state index contributed by atoms with van der Waals surface area (Å²) in [7, 11) is 0. The fraction of sp³-hybridized carbons (Fsp3) is 0.364. The van der Waals surface area contributed by atoms with Crippen LogP contribution in [0.4, 0.5) is 5.69 Å². The zero-order chi connectivity index (χ0) is 11.3. The van der Waals surface area contributed by atoms with Gasteiger partial charge in [-0.2, -0.15) is 0 Å². The molecule has 1 aromatic carbocycles. The molecule has 0 aromatic heterocycles. The van der Waals surface area contributed by atoms with Crippen molar-refractivity contribution in [2.75, 3.05) is 18.1 Å². The van der Waals surface area contributed by atoms with Gasteiger partial charge in [0.1, 0.15) is 0 Å². The lowest BCUT2D eigenvalue weighted by atomic mass is 10.2. The molecule has 0 fully saturated rings. The molecule has 0 radical (unpaired) electrons. The van der Waals surface area contributed by atoms with Crippen molar-refractivity contribution in [3.05, 3.63) is 23.8 Å². The molecule has 0 aliphatic rings. The summed E-state index contributed by atoms with van der Waals surface area (Å²) in [5.74, 6) is 0.608. The van der Waals surface area contributed by atoms with E-state index >= 15 is 0 Å². The lowest BCUT2D eigenvalue weighted by Gasteiger charge is -2.08. The maximum atomic E-state index is 11.6. The number of esters is 1. The van der Waals surface area contributed by atoms with E-state index in [1.54, 1.807) is 30.8 Å².